The second-order valence-electron chi connectivity index (χ2n) is 9.18. The topological polar surface area (TPSA) is 55.1 Å². The smallest absolute Gasteiger partial charge is 0.308 e. The Labute approximate surface area is 224 Å². The molecule has 2 amide bonds. The molecular weight excluding hydrogens is 501 g/mol. The van der Waals surface area contributed by atoms with Crippen LogP contribution in [0.5, 0.6) is 0 Å². The number of aryl methyl sites for hydroxylation is 1. The van der Waals surface area contributed by atoms with E-state index in [0.29, 0.717) is 22.7 Å². The van der Waals surface area contributed by atoms with E-state index in [1.165, 1.54) is 12.1 Å². The van der Waals surface area contributed by atoms with Crippen molar-refractivity contribution < 1.29 is 9.18 Å². The number of nitrogens with one attached hydrogen (secondary N) is 1. The van der Waals surface area contributed by atoms with Crippen molar-refractivity contribution in [1.29, 1.82) is 0 Å². The first-order valence-electron chi connectivity index (χ1n) is 12.5. The monoisotopic (exact) mass is 525 g/mol. The number of anilines is 1. The summed E-state index contributed by atoms with van der Waals surface area (Å²) in [4.78, 5) is 15.7. The highest BCUT2D eigenvalue weighted by atomic mass is 35.5. The molecule has 0 bridgehead atoms. The van der Waals surface area contributed by atoms with Crippen LogP contribution in [0.4, 0.5) is 14.9 Å². The van der Waals surface area contributed by atoms with Crippen LogP contribution < -0.4 is 5.32 Å². The fraction of sp³-hybridized carbons (Fsp3) is 0.133. The summed E-state index contributed by atoms with van der Waals surface area (Å²) >= 11 is 6.18. The minimum atomic E-state index is -0.554. The minimum absolute atomic E-state index is 0.278. The Kier molecular flexibility index (Phi) is 6.21. The molecule has 190 valence electrons. The van der Waals surface area contributed by atoms with Crippen LogP contribution in [0.3, 0.4) is 0 Å². The van der Waals surface area contributed by atoms with E-state index in [2.05, 4.69) is 16.8 Å². The van der Waals surface area contributed by atoms with Crippen LogP contribution in [-0.2, 0) is 13.0 Å². The summed E-state index contributed by atoms with van der Waals surface area (Å²) in [6.07, 6.45) is 2.66. The summed E-state index contributed by atoms with van der Waals surface area (Å²) < 4.78 is 18.5. The molecule has 0 saturated heterocycles. The van der Waals surface area contributed by atoms with Gasteiger partial charge in [0.25, 0.3) is 0 Å². The third-order valence-corrected chi connectivity index (χ3v) is 7.04. The first-order chi connectivity index (χ1) is 18.5. The maximum absolute atomic E-state index is 14.5. The molecule has 38 heavy (non-hydrogen) atoms. The lowest BCUT2D eigenvalue weighted by Gasteiger charge is -2.31. The molecule has 1 aliphatic rings. The molecule has 0 aliphatic carbocycles. The third kappa shape index (κ3) is 4.25. The van der Waals surface area contributed by atoms with Crippen LogP contribution in [0.25, 0.3) is 11.5 Å². The molecule has 0 spiro atoms. The molecule has 0 unspecified atom stereocenters. The van der Waals surface area contributed by atoms with E-state index < -0.39 is 6.04 Å². The molecular formula is C30H25ClFN5O. The maximum Gasteiger partial charge on any atom is 0.322 e. The van der Waals surface area contributed by atoms with E-state index in [1.54, 1.807) is 35.2 Å². The molecule has 0 radical (unpaired) electrons. The summed E-state index contributed by atoms with van der Waals surface area (Å²) in [6, 6.07) is 26.4. The van der Waals surface area contributed by atoms with Gasteiger partial charge in [0.2, 0.25) is 0 Å². The molecule has 1 aliphatic heterocycles. The largest absolute Gasteiger partial charge is 0.322 e. The van der Waals surface area contributed by atoms with Crippen LogP contribution in [0.2, 0.25) is 5.02 Å². The van der Waals surface area contributed by atoms with Crippen molar-refractivity contribution in [2.75, 3.05) is 5.32 Å². The van der Waals surface area contributed by atoms with Crippen molar-refractivity contribution >= 4 is 23.3 Å². The molecule has 0 fully saturated rings. The van der Waals surface area contributed by atoms with Gasteiger partial charge in [0.1, 0.15) is 11.6 Å². The quantitative estimate of drug-likeness (QED) is 0.271. The molecule has 0 saturated carbocycles. The number of carbonyl (C=O) groups excluding carboxylic acids is 1. The standard InChI is InChI=1S/C30H25ClFN5O/c1-2-26-25-19-36(30(38)33-23-12-7-10-21(31)18-23)28(20-9-6-11-22(32)17-20)27-15-8-16-35(27)29(25)37(34-26)24-13-4-3-5-14-24/h3-18,28H,2,19H2,1H3,(H,33,38)/t28-/m0/s1. The lowest BCUT2D eigenvalue weighted by Crippen LogP contribution is -2.38. The Morgan fingerprint density at radius 3 is 2.61 bits per heavy atom. The third-order valence-electron chi connectivity index (χ3n) is 6.81. The van der Waals surface area contributed by atoms with E-state index in [1.807, 2.05) is 59.4 Å². The minimum Gasteiger partial charge on any atom is -0.308 e. The van der Waals surface area contributed by atoms with Gasteiger partial charge in [-0.15, -0.1) is 0 Å². The van der Waals surface area contributed by atoms with Crippen LogP contribution >= 0.6 is 11.6 Å². The number of aromatic nitrogens is 3. The highest BCUT2D eigenvalue weighted by Crippen LogP contribution is 2.39. The Balaban J connectivity index is 1.56. The molecule has 5 aromatic rings. The molecule has 6 rings (SSSR count). The Hall–Kier alpha value is -4.36. The summed E-state index contributed by atoms with van der Waals surface area (Å²) in [5.41, 5.74) is 4.83. The Morgan fingerprint density at radius 2 is 1.84 bits per heavy atom. The predicted octanol–water partition coefficient (Wildman–Crippen LogP) is 7.16. The van der Waals surface area contributed by atoms with Gasteiger partial charge < -0.3 is 14.8 Å². The second kappa shape index (κ2) is 9.84. The summed E-state index contributed by atoms with van der Waals surface area (Å²) in [7, 11) is 0. The average Bonchev–Trinajstić information content (AvgIpc) is 3.50. The van der Waals surface area contributed by atoms with Gasteiger partial charge in [-0.05, 0) is 66.6 Å². The van der Waals surface area contributed by atoms with Crippen molar-refractivity contribution in [2.24, 2.45) is 0 Å². The average molecular weight is 526 g/mol. The van der Waals surface area contributed by atoms with Gasteiger partial charge in [0.05, 0.1) is 29.7 Å². The molecule has 3 heterocycles. The summed E-state index contributed by atoms with van der Waals surface area (Å²) in [6.45, 7) is 2.33. The van der Waals surface area contributed by atoms with E-state index in [9.17, 15) is 9.18 Å². The molecule has 2 aromatic heterocycles. The number of urea groups is 1. The van der Waals surface area contributed by atoms with Crippen molar-refractivity contribution in [1.82, 2.24) is 19.2 Å². The number of carbonyl (C=O) groups is 1. The summed E-state index contributed by atoms with van der Waals surface area (Å²) in [5, 5.41) is 8.48. The van der Waals surface area contributed by atoms with Crippen LogP contribution in [0.1, 0.15) is 35.5 Å². The maximum atomic E-state index is 14.5. The zero-order valence-electron chi connectivity index (χ0n) is 20.7. The molecule has 6 nitrogen and oxygen atoms in total. The zero-order chi connectivity index (χ0) is 26.2. The van der Waals surface area contributed by atoms with E-state index in [-0.39, 0.29) is 18.4 Å². The van der Waals surface area contributed by atoms with E-state index in [0.717, 1.165) is 28.5 Å². The predicted molar refractivity (Wildman–Crippen MR) is 147 cm³/mol. The lowest BCUT2D eigenvalue weighted by molar-refractivity contribution is 0.194. The fourth-order valence-corrected chi connectivity index (χ4v) is 5.33. The van der Waals surface area contributed by atoms with Crippen molar-refractivity contribution in [2.45, 2.75) is 25.9 Å². The number of benzene rings is 3. The van der Waals surface area contributed by atoms with Crippen LogP contribution in [0, 0.1) is 5.82 Å². The Bertz CT molecular complexity index is 1630. The molecule has 1 atom stereocenters. The highest BCUT2D eigenvalue weighted by Gasteiger charge is 2.36. The molecule has 8 heteroatoms. The number of fused-ring (bicyclic) bond motifs is 3. The van der Waals surface area contributed by atoms with Crippen LogP contribution in [0.15, 0.2) is 97.2 Å². The fourth-order valence-electron chi connectivity index (χ4n) is 5.14. The first-order valence-corrected chi connectivity index (χ1v) is 12.8. The number of nitrogens with zero attached hydrogens (tertiary/aromatic N) is 4. The normalized spacial score (nSPS) is 14.5. The number of amides is 2. The van der Waals surface area contributed by atoms with Gasteiger partial charge in [0.15, 0.2) is 0 Å². The second-order valence-corrected chi connectivity index (χ2v) is 9.62. The zero-order valence-corrected chi connectivity index (χ0v) is 21.4. The Morgan fingerprint density at radius 1 is 1.03 bits per heavy atom. The van der Waals surface area contributed by atoms with Gasteiger partial charge in [-0.2, -0.15) is 5.10 Å². The number of para-hydroxylation sites is 1. The van der Waals surface area contributed by atoms with Gasteiger partial charge in [-0.1, -0.05) is 54.9 Å². The summed E-state index contributed by atoms with van der Waals surface area (Å²) in [5.74, 6) is 0.509. The molecule has 1 N–H and O–H groups in total. The SMILES string of the molecule is CCc1nn(-c2ccccc2)c2c1CN(C(=O)Nc1cccc(Cl)c1)[C@@H](c1cccc(F)c1)c1cccn1-2. The van der Waals surface area contributed by atoms with E-state index >= 15 is 0 Å². The van der Waals surface area contributed by atoms with Crippen molar-refractivity contribution in [3.63, 3.8) is 0 Å². The number of rotatable bonds is 4. The van der Waals surface area contributed by atoms with Crippen LogP contribution in [-0.4, -0.2) is 25.3 Å². The van der Waals surface area contributed by atoms with Gasteiger partial charge in [0, 0.05) is 22.5 Å². The van der Waals surface area contributed by atoms with Gasteiger partial charge in [-0.3, -0.25) is 0 Å². The highest BCUT2D eigenvalue weighted by molar-refractivity contribution is 6.30. The first kappa shape index (κ1) is 24.0. The number of halogens is 2. The lowest BCUT2D eigenvalue weighted by atomic mass is 10.0. The van der Waals surface area contributed by atoms with E-state index in [4.69, 9.17) is 16.7 Å². The van der Waals surface area contributed by atoms with Gasteiger partial charge >= 0.3 is 6.03 Å². The number of hydrogen-bond donors (Lipinski definition) is 1. The van der Waals surface area contributed by atoms with Gasteiger partial charge in [-0.25, -0.2) is 13.9 Å². The number of hydrogen-bond acceptors (Lipinski definition) is 2. The molecule has 3 aromatic carbocycles. The van der Waals surface area contributed by atoms with Crippen molar-refractivity contribution in [3.8, 4) is 11.5 Å². The van der Waals surface area contributed by atoms with Crippen molar-refractivity contribution in [3.05, 3.63) is 131 Å².